The molecule has 0 unspecified atom stereocenters. The van der Waals surface area contributed by atoms with Crippen molar-refractivity contribution < 1.29 is 9.63 Å². The van der Waals surface area contributed by atoms with Crippen molar-refractivity contribution in [1.29, 1.82) is 0 Å². The van der Waals surface area contributed by atoms with E-state index in [9.17, 15) is 4.79 Å². The molecule has 0 saturated heterocycles. The molecule has 0 aromatic heterocycles. The lowest BCUT2D eigenvalue weighted by molar-refractivity contribution is -0.143. The number of rotatable bonds is 16. The average Bonchev–Trinajstić information content (AvgIpc) is 2.56. The molecule has 140 valence electrons. The number of oxime groups is 1. The molecule has 0 spiro atoms. The van der Waals surface area contributed by atoms with E-state index in [0.717, 1.165) is 19.3 Å². The van der Waals surface area contributed by atoms with Crippen LogP contribution in [0, 0.1) is 0 Å². The molecule has 0 aliphatic heterocycles. The van der Waals surface area contributed by atoms with E-state index < -0.39 is 0 Å². The molecule has 0 aliphatic carbocycles. The van der Waals surface area contributed by atoms with Crippen LogP contribution < -0.4 is 11.5 Å². The molecule has 0 aromatic carbocycles. The molecule has 5 heteroatoms. The molecule has 4 N–H and O–H groups in total. The van der Waals surface area contributed by atoms with Gasteiger partial charge in [-0.3, -0.25) is 0 Å². The van der Waals surface area contributed by atoms with Gasteiger partial charge in [0.25, 0.3) is 0 Å². The predicted octanol–water partition coefficient (Wildman–Crippen LogP) is 4.76. The molecule has 0 bridgehead atoms. The Kier molecular flexibility index (Phi) is 16.7. The van der Waals surface area contributed by atoms with Crippen LogP contribution in [0.15, 0.2) is 17.3 Å². The van der Waals surface area contributed by atoms with Crippen LogP contribution in [-0.4, -0.2) is 11.9 Å². The van der Waals surface area contributed by atoms with E-state index in [4.69, 9.17) is 11.5 Å². The van der Waals surface area contributed by atoms with Gasteiger partial charge >= 0.3 is 5.97 Å². The Morgan fingerprint density at radius 1 is 0.833 bits per heavy atom. The molecule has 0 radical (unpaired) electrons. The quantitative estimate of drug-likeness (QED) is 0.106. The number of allylic oxidation sites excluding steroid dienone is 2. The fourth-order valence-electron chi connectivity index (χ4n) is 2.49. The average molecular weight is 340 g/mol. The van der Waals surface area contributed by atoms with Crippen LogP contribution in [0.5, 0.6) is 0 Å². The maximum atomic E-state index is 11.2. The zero-order valence-electron chi connectivity index (χ0n) is 15.5. The molecular weight excluding hydrogens is 302 g/mol. The van der Waals surface area contributed by atoms with Gasteiger partial charge in [-0.1, -0.05) is 70.4 Å². The molecule has 24 heavy (non-hydrogen) atoms. The fraction of sp³-hybridized carbons (Fsp3) is 0.789. The van der Waals surface area contributed by atoms with E-state index in [1.54, 1.807) is 0 Å². The maximum absolute atomic E-state index is 11.2. The number of nitrogens with two attached hydrogens (primary N) is 2. The van der Waals surface area contributed by atoms with Crippen molar-refractivity contribution in [3.8, 4) is 0 Å². The zero-order chi connectivity index (χ0) is 17.9. The summed E-state index contributed by atoms with van der Waals surface area (Å²) in [5.41, 5.74) is 10.1. The SMILES string of the molecule is CCCCCCCC/C=C\CCCCCCCC(=O)ON=C(N)N. The minimum absolute atomic E-state index is 0.229. The number of unbranched alkanes of at least 4 members (excludes halogenated alkanes) is 11. The zero-order valence-corrected chi connectivity index (χ0v) is 15.5. The van der Waals surface area contributed by atoms with Crippen LogP contribution in [0.2, 0.25) is 0 Å². The summed E-state index contributed by atoms with van der Waals surface area (Å²) in [6.07, 6.45) is 21.1. The van der Waals surface area contributed by atoms with Gasteiger partial charge in [-0.2, -0.15) is 0 Å². The second-order valence-corrected chi connectivity index (χ2v) is 6.31. The van der Waals surface area contributed by atoms with Crippen LogP contribution >= 0.6 is 0 Å². The summed E-state index contributed by atoms with van der Waals surface area (Å²) in [6.45, 7) is 2.26. The molecule has 0 aromatic rings. The van der Waals surface area contributed by atoms with Crippen LogP contribution in [0.25, 0.3) is 0 Å². The molecule has 0 saturated carbocycles. The number of carbonyl (C=O) groups excluding carboxylic acids is 1. The lowest BCUT2D eigenvalue weighted by Gasteiger charge is -2.00. The van der Waals surface area contributed by atoms with Gasteiger partial charge < -0.3 is 16.3 Å². The second-order valence-electron chi connectivity index (χ2n) is 6.31. The van der Waals surface area contributed by atoms with E-state index in [1.807, 2.05) is 0 Å². The Morgan fingerprint density at radius 2 is 1.33 bits per heavy atom. The molecule has 0 fully saturated rings. The summed E-state index contributed by atoms with van der Waals surface area (Å²) in [5, 5.41) is 3.23. The molecule has 0 aliphatic rings. The van der Waals surface area contributed by atoms with Crippen molar-refractivity contribution in [3.63, 3.8) is 0 Å². The largest absolute Gasteiger partial charge is 0.367 e. The first-order valence-electron chi connectivity index (χ1n) is 9.60. The fourth-order valence-corrected chi connectivity index (χ4v) is 2.49. The summed E-state index contributed by atoms with van der Waals surface area (Å²) < 4.78 is 0. The number of guanidine groups is 1. The first-order chi connectivity index (χ1) is 11.7. The predicted molar refractivity (Wildman–Crippen MR) is 101 cm³/mol. The summed E-state index contributed by atoms with van der Waals surface area (Å²) >= 11 is 0. The van der Waals surface area contributed by atoms with Gasteiger partial charge in [-0.05, 0) is 37.3 Å². The van der Waals surface area contributed by atoms with Crippen LogP contribution in [0.4, 0.5) is 0 Å². The Hall–Kier alpha value is -1.52. The first kappa shape index (κ1) is 22.5. The van der Waals surface area contributed by atoms with Gasteiger partial charge in [0.1, 0.15) is 0 Å². The lowest BCUT2D eigenvalue weighted by Crippen LogP contribution is -2.23. The van der Waals surface area contributed by atoms with E-state index in [-0.39, 0.29) is 11.9 Å². The van der Waals surface area contributed by atoms with Crippen LogP contribution in [0.3, 0.4) is 0 Å². The highest BCUT2D eigenvalue weighted by molar-refractivity contribution is 5.77. The van der Waals surface area contributed by atoms with Crippen molar-refractivity contribution in [1.82, 2.24) is 0 Å². The van der Waals surface area contributed by atoms with E-state index in [2.05, 4.69) is 29.1 Å². The Bertz CT molecular complexity index is 351. The van der Waals surface area contributed by atoms with Gasteiger partial charge in [0, 0.05) is 6.42 Å². The van der Waals surface area contributed by atoms with Crippen molar-refractivity contribution in [2.24, 2.45) is 16.6 Å². The van der Waals surface area contributed by atoms with Crippen LogP contribution in [0.1, 0.15) is 96.8 Å². The minimum atomic E-state index is -0.374. The maximum Gasteiger partial charge on any atom is 0.335 e. The van der Waals surface area contributed by atoms with E-state index in [0.29, 0.717) is 6.42 Å². The third-order valence-electron chi connectivity index (χ3n) is 3.90. The van der Waals surface area contributed by atoms with Crippen molar-refractivity contribution >= 4 is 11.9 Å². The van der Waals surface area contributed by atoms with Crippen molar-refractivity contribution in [3.05, 3.63) is 12.2 Å². The van der Waals surface area contributed by atoms with Crippen molar-refractivity contribution in [2.45, 2.75) is 96.8 Å². The highest BCUT2D eigenvalue weighted by Crippen LogP contribution is 2.10. The Balaban J connectivity index is 3.23. The van der Waals surface area contributed by atoms with Gasteiger partial charge in [0.2, 0.25) is 5.96 Å². The number of hydrogen-bond acceptors (Lipinski definition) is 3. The Morgan fingerprint density at radius 3 is 1.88 bits per heavy atom. The topological polar surface area (TPSA) is 90.7 Å². The molecule has 0 rings (SSSR count). The van der Waals surface area contributed by atoms with Gasteiger partial charge in [0.15, 0.2) is 0 Å². The van der Waals surface area contributed by atoms with Gasteiger partial charge in [-0.25, -0.2) is 4.79 Å². The Labute approximate surface area is 147 Å². The summed E-state index contributed by atoms with van der Waals surface area (Å²) in [6, 6.07) is 0. The highest BCUT2D eigenvalue weighted by Gasteiger charge is 2.02. The normalized spacial score (nSPS) is 10.9. The summed E-state index contributed by atoms with van der Waals surface area (Å²) in [5.74, 6) is -0.603. The van der Waals surface area contributed by atoms with Crippen LogP contribution in [-0.2, 0) is 9.63 Å². The van der Waals surface area contributed by atoms with Gasteiger partial charge in [-0.15, -0.1) is 0 Å². The number of nitrogens with zero attached hydrogens (tertiary/aromatic N) is 1. The minimum Gasteiger partial charge on any atom is -0.367 e. The first-order valence-corrected chi connectivity index (χ1v) is 9.60. The summed E-state index contributed by atoms with van der Waals surface area (Å²) in [7, 11) is 0. The smallest absolute Gasteiger partial charge is 0.335 e. The standard InChI is InChI=1S/C19H37N3O2/c1-2-3-4-5-6-7-8-9-10-11-12-13-14-15-16-17-18(23)24-22-19(20)21/h9-10H,2-8,11-17H2,1H3,(H4,20,21,22)/b10-9-. The molecule has 5 nitrogen and oxygen atoms in total. The monoisotopic (exact) mass is 339 g/mol. The third-order valence-corrected chi connectivity index (χ3v) is 3.90. The molecule has 0 heterocycles. The van der Waals surface area contributed by atoms with Crippen molar-refractivity contribution in [2.75, 3.05) is 0 Å². The van der Waals surface area contributed by atoms with E-state index >= 15 is 0 Å². The van der Waals surface area contributed by atoms with E-state index in [1.165, 1.54) is 64.2 Å². The molecule has 0 amide bonds. The number of carbonyl (C=O) groups is 1. The highest BCUT2D eigenvalue weighted by atomic mass is 16.7. The van der Waals surface area contributed by atoms with Gasteiger partial charge in [0.05, 0.1) is 0 Å². The summed E-state index contributed by atoms with van der Waals surface area (Å²) in [4.78, 5) is 15.7. The number of hydrogen-bond donors (Lipinski definition) is 2. The molecule has 0 atom stereocenters. The third kappa shape index (κ3) is 18.5. The second kappa shape index (κ2) is 17.8. The molecular formula is C19H37N3O2. The lowest BCUT2D eigenvalue weighted by atomic mass is 10.1.